The van der Waals surface area contributed by atoms with Gasteiger partial charge in [0.15, 0.2) is 5.69 Å². The van der Waals surface area contributed by atoms with Crippen molar-refractivity contribution < 1.29 is 19.4 Å². The Morgan fingerprint density at radius 1 is 1.24 bits per heavy atom. The Balaban J connectivity index is 1.90. The third kappa shape index (κ3) is 5.11. The van der Waals surface area contributed by atoms with Gasteiger partial charge >= 0.3 is 5.97 Å². The van der Waals surface area contributed by atoms with E-state index in [0.29, 0.717) is 18.5 Å². The van der Waals surface area contributed by atoms with Gasteiger partial charge in [0, 0.05) is 31.8 Å². The molecule has 0 aliphatic rings. The number of carbonyl (C=O) groups is 1. The lowest BCUT2D eigenvalue weighted by molar-refractivity contribution is 0.0585. The molecule has 0 saturated heterocycles. The number of fused-ring (bicyclic) bond motifs is 1. The molecule has 3 aromatic rings. The molecule has 1 N–H and O–H groups in total. The molecule has 0 aliphatic heterocycles. The number of nitrogens with zero attached hydrogens (tertiary/aromatic N) is 4. The van der Waals surface area contributed by atoms with E-state index < -0.39 is 14.0 Å². The molecule has 0 spiro atoms. The Morgan fingerprint density at radius 2 is 2.03 bits per heavy atom. The quantitative estimate of drug-likeness (QED) is 0.328. The highest BCUT2D eigenvalue weighted by molar-refractivity contribution is 6.76. The van der Waals surface area contributed by atoms with Crippen molar-refractivity contribution in [3.63, 3.8) is 0 Å². The minimum Gasteiger partial charge on any atom is -0.464 e. The minimum absolute atomic E-state index is 0.0249. The van der Waals surface area contributed by atoms with Crippen LogP contribution in [-0.2, 0) is 22.7 Å². The van der Waals surface area contributed by atoms with E-state index in [-0.39, 0.29) is 19.0 Å². The summed E-state index contributed by atoms with van der Waals surface area (Å²) in [5.74, 6) is -0.482. The number of aliphatic hydroxyl groups excluding tert-OH is 1. The molecule has 9 heteroatoms. The summed E-state index contributed by atoms with van der Waals surface area (Å²) in [6, 6.07) is 6.87. The number of hydrogen-bond acceptors (Lipinski definition) is 6. The maximum absolute atomic E-state index is 12.3. The van der Waals surface area contributed by atoms with E-state index in [1.807, 2.05) is 24.4 Å². The lowest BCUT2D eigenvalue weighted by Crippen LogP contribution is -2.22. The van der Waals surface area contributed by atoms with Crippen LogP contribution in [0, 0.1) is 0 Å². The Labute approximate surface area is 171 Å². The van der Waals surface area contributed by atoms with Crippen LogP contribution in [0.5, 0.6) is 0 Å². The van der Waals surface area contributed by atoms with Crippen molar-refractivity contribution in [1.29, 1.82) is 0 Å². The molecular weight excluding hydrogens is 388 g/mol. The lowest BCUT2D eigenvalue weighted by Gasteiger charge is -2.15. The van der Waals surface area contributed by atoms with Gasteiger partial charge in [-0.1, -0.05) is 25.7 Å². The van der Waals surface area contributed by atoms with Crippen LogP contribution < -0.4 is 0 Å². The molecule has 0 atom stereocenters. The molecule has 3 rings (SSSR count). The number of esters is 1. The Bertz CT molecular complexity index is 990. The summed E-state index contributed by atoms with van der Waals surface area (Å²) in [6.45, 7) is 8.33. The van der Waals surface area contributed by atoms with Crippen molar-refractivity contribution in [2.75, 3.05) is 20.3 Å². The van der Waals surface area contributed by atoms with E-state index in [1.54, 1.807) is 15.6 Å². The molecule has 1 aromatic carbocycles. The van der Waals surface area contributed by atoms with E-state index in [9.17, 15) is 4.79 Å². The smallest absolute Gasteiger partial charge is 0.359 e. The highest BCUT2D eigenvalue weighted by atomic mass is 28.3. The van der Waals surface area contributed by atoms with E-state index >= 15 is 0 Å². The molecular formula is C20H28N4O4Si. The number of ether oxygens (including phenoxy) is 2. The lowest BCUT2D eigenvalue weighted by atomic mass is 10.1. The van der Waals surface area contributed by atoms with Crippen molar-refractivity contribution in [2.45, 2.75) is 39.0 Å². The van der Waals surface area contributed by atoms with Crippen molar-refractivity contribution in [1.82, 2.24) is 19.6 Å². The monoisotopic (exact) mass is 416 g/mol. The van der Waals surface area contributed by atoms with Crippen LogP contribution in [0.15, 0.2) is 30.6 Å². The standard InChI is InChI=1S/C20H28N4O4Si/c1-27-20(26)19-17-11-15(16-12-21-23(13-16)7-8-25)5-6-18(17)24(22-19)14-28-9-10-29(2,3)4/h5-6,11-13,25H,7-10,14H2,1-4H3. The molecule has 0 amide bonds. The number of carbonyl (C=O) groups excluding carboxylic acids is 1. The highest BCUT2D eigenvalue weighted by Gasteiger charge is 2.19. The van der Waals surface area contributed by atoms with Gasteiger partial charge in [-0.2, -0.15) is 10.2 Å². The van der Waals surface area contributed by atoms with E-state index in [1.165, 1.54) is 7.11 Å². The van der Waals surface area contributed by atoms with Crippen LogP contribution in [0.1, 0.15) is 10.5 Å². The predicted octanol–water partition coefficient (Wildman–Crippen LogP) is 2.99. The van der Waals surface area contributed by atoms with Gasteiger partial charge in [-0.25, -0.2) is 9.48 Å². The van der Waals surface area contributed by atoms with Crippen LogP contribution in [0.4, 0.5) is 0 Å². The van der Waals surface area contributed by atoms with Crippen molar-refractivity contribution in [3.05, 3.63) is 36.3 Å². The first-order chi connectivity index (χ1) is 13.8. The average molecular weight is 417 g/mol. The van der Waals surface area contributed by atoms with Gasteiger partial charge in [-0.3, -0.25) is 4.68 Å². The van der Waals surface area contributed by atoms with Crippen molar-refractivity contribution >= 4 is 24.9 Å². The van der Waals surface area contributed by atoms with Crippen LogP contribution in [0.25, 0.3) is 22.0 Å². The van der Waals surface area contributed by atoms with Crippen LogP contribution >= 0.6 is 0 Å². The molecule has 2 aromatic heterocycles. The molecule has 0 aliphatic carbocycles. The second-order valence-electron chi connectivity index (χ2n) is 8.14. The summed E-state index contributed by atoms with van der Waals surface area (Å²) in [5, 5.41) is 18.5. The SMILES string of the molecule is COC(=O)c1nn(COCC[Si](C)(C)C)c2ccc(-c3cnn(CCO)c3)cc12. The Kier molecular flexibility index (Phi) is 6.51. The van der Waals surface area contributed by atoms with Gasteiger partial charge < -0.3 is 14.6 Å². The Hall–Kier alpha value is -2.49. The van der Waals surface area contributed by atoms with Crippen molar-refractivity contribution in [3.8, 4) is 11.1 Å². The maximum Gasteiger partial charge on any atom is 0.359 e. The molecule has 29 heavy (non-hydrogen) atoms. The first-order valence-electron chi connectivity index (χ1n) is 9.63. The molecule has 0 unspecified atom stereocenters. The van der Waals surface area contributed by atoms with E-state index in [0.717, 1.165) is 22.7 Å². The summed E-state index contributed by atoms with van der Waals surface area (Å²) in [5.41, 5.74) is 2.88. The van der Waals surface area contributed by atoms with E-state index in [2.05, 4.69) is 29.8 Å². The van der Waals surface area contributed by atoms with E-state index in [4.69, 9.17) is 14.6 Å². The number of benzene rings is 1. The fourth-order valence-corrected chi connectivity index (χ4v) is 3.73. The summed E-state index contributed by atoms with van der Waals surface area (Å²) in [6.07, 6.45) is 3.59. The zero-order chi connectivity index (χ0) is 21.0. The zero-order valence-electron chi connectivity index (χ0n) is 17.4. The van der Waals surface area contributed by atoms with Gasteiger partial charge in [0.05, 0.1) is 32.0 Å². The maximum atomic E-state index is 12.3. The predicted molar refractivity (Wildman–Crippen MR) is 113 cm³/mol. The average Bonchev–Trinajstić information content (AvgIpc) is 3.29. The summed E-state index contributed by atoms with van der Waals surface area (Å²) >= 11 is 0. The number of aliphatic hydroxyl groups is 1. The number of rotatable bonds is 9. The fourth-order valence-electron chi connectivity index (χ4n) is 2.97. The molecule has 0 fully saturated rings. The first kappa shape index (κ1) is 21.2. The van der Waals surface area contributed by atoms with Crippen molar-refractivity contribution in [2.24, 2.45) is 0 Å². The van der Waals surface area contributed by atoms with Gasteiger partial charge in [-0.15, -0.1) is 0 Å². The normalized spacial score (nSPS) is 11.9. The molecule has 0 radical (unpaired) electrons. The van der Waals surface area contributed by atoms with Crippen LogP contribution in [-0.4, -0.2) is 59.0 Å². The van der Waals surface area contributed by atoms with Crippen LogP contribution in [0.3, 0.4) is 0 Å². The first-order valence-corrected chi connectivity index (χ1v) is 13.3. The van der Waals surface area contributed by atoms with Gasteiger partial charge in [0.2, 0.25) is 0 Å². The van der Waals surface area contributed by atoms with Gasteiger partial charge in [-0.05, 0) is 23.7 Å². The summed E-state index contributed by atoms with van der Waals surface area (Å²) in [7, 11) is 0.179. The third-order valence-corrected chi connectivity index (χ3v) is 6.34. The highest BCUT2D eigenvalue weighted by Crippen LogP contribution is 2.27. The van der Waals surface area contributed by atoms with Gasteiger partial charge in [0.1, 0.15) is 6.73 Å². The fraction of sp³-hybridized carbons (Fsp3) is 0.450. The number of aromatic nitrogens is 4. The summed E-state index contributed by atoms with van der Waals surface area (Å²) in [4.78, 5) is 12.3. The second kappa shape index (κ2) is 8.89. The van der Waals surface area contributed by atoms with Gasteiger partial charge in [0.25, 0.3) is 0 Å². The third-order valence-electron chi connectivity index (χ3n) is 4.63. The number of methoxy groups -OCH3 is 1. The topological polar surface area (TPSA) is 91.4 Å². The molecule has 8 nitrogen and oxygen atoms in total. The largest absolute Gasteiger partial charge is 0.464 e. The molecule has 0 bridgehead atoms. The number of hydrogen-bond donors (Lipinski definition) is 1. The second-order valence-corrected chi connectivity index (χ2v) is 13.8. The Morgan fingerprint density at radius 3 is 2.72 bits per heavy atom. The van der Waals surface area contributed by atoms with Crippen LogP contribution in [0.2, 0.25) is 25.7 Å². The minimum atomic E-state index is -1.17. The molecule has 156 valence electrons. The molecule has 2 heterocycles. The molecule has 0 saturated carbocycles. The zero-order valence-corrected chi connectivity index (χ0v) is 18.4. The summed E-state index contributed by atoms with van der Waals surface area (Å²) < 4.78 is 14.1.